The Morgan fingerprint density at radius 3 is 2.32 bits per heavy atom. The molecule has 0 saturated heterocycles. The minimum absolute atomic E-state index is 0.258. The summed E-state index contributed by atoms with van der Waals surface area (Å²) in [4.78, 5) is 12.6. The van der Waals surface area contributed by atoms with Crippen LogP contribution in [-0.4, -0.2) is 17.3 Å². The number of amides is 1. The number of nitrogens with one attached hydrogen (secondary N) is 1. The van der Waals surface area contributed by atoms with Crippen LogP contribution < -0.4 is 5.32 Å². The van der Waals surface area contributed by atoms with E-state index in [1.54, 1.807) is 0 Å². The number of alkyl halides is 1. The highest BCUT2D eigenvalue weighted by atomic mass is 79.9. The molecular weight excluding hydrogens is 302 g/mol. The molecule has 0 bridgehead atoms. The van der Waals surface area contributed by atoms with Crippen molar-refractivity contribution < 1.29 is 4.79 Å². The lowest BCUT2D eigenvalue weighted by molar-refractivity contribution is -0.126. The number of hydrogen-bond donors (Lipinski definition) is 1. The first-order valence-corrected chi connectivity index (χ1v) is 8.68. The number of halogens is 1. The average molecular weight is 332 g/mol. The van der Waals surface area contributed by atoms with Gasteiger partial charge < -0.3 is 5.32 Å². The lowest BCUT2D eigenvalue weighted by Crippen LogP contribution is -2.36. The molecular formula is C16H30BrNO. The van der Waals surface area contributed by atoms with Crippen molar-refractivity contribution in [2.24, 2.45) is 17.3 Å². The van der Waals surface area contributed by atoms with Gasteiger partial charge in [-0.15, -0.1) is 0 Å². The topological polar surface area (TPSA) is 29.1 Å². The Labute approximate surface area is 127 Å². The van der Waals surface area contributed by atoms with Gasteiger partial charge in [-0.25, -0.2) is 0 Å². The molecule has 0 heterocycles. The Balaban J connectivity index is 2.25. The predicted octanol–water partition coefficient (Wildman–Crippen LogP) is 4.52. The summed E-state index contributed by atoms with van der Waals surface area (Å²) in [6.07, 6.45) is 6.69. The molecule has 1 atom stereocenters. The van der Waals surface area contributed by atoms with E-state index < -0.39 is 0 Å². The first-order chi connectivity index (χ1) is 8.84. The molecule has 1 amide bonds. The smallest absolute Gasteiger partial charge is 0.223 e. The molecule has 1 rings (SSSR count). The van der Waals surface area contributed by atoms with Crippen LogP contribution in [0, 0.1) is 17.3 Å². The molecule has 0 aromatic carbocycles. The number of rotatable bonds is 5. The van der Waals surface area contributed by atoms with Crippen molar-refractivity contribution in [1.29, 1.82) is 0 Å². The van der Waals surface area contributed by atoms with E-state index in [-0.39, 0.29) is 11.8 Å². The molecule has 0 aromatic heterocycles. The molecule has 19 heavy (non-hydrogen) atoms. The fourth-order valence-corrected chi connectivity index (χ4v) is 3.15. The predicted molar refractivity (Wildman–Crippen MR) is 85.5 cm³/mol. The quantitative estimate of drug-likeness (QED) is 0.737. The third kappa shape index (κ3) is 5.85. The molecule has 3 heteroatoms. The van der Waals surface area contributed by atoms with Crippen LogP contribution in [0.2, 0.25) is 0 Å². The lowest BCUT2D eigenvalue weighted by atomic mass is 9.69. The minimum atomic E-state index is 0.258. The van der Waals surface area contributed by atoms with Gasteiger partial charge in [0, 0.05) is 17.3 Å². The molecule has 1 unspecified atom stereocenters. The monoisotopic (exact) mass is 331 g/mol. The normalized spacial score (nSPS) is 25.9. The third-order valence-electron chi connectivity index (χ3n) is 4.52. The van der Waals surface area contributed by atoms with Crippen LogP contribution in [0.15, 0.2) is 0 Å². The Morgan fingerprint density at radius 2 is 1.84 bits per heavy atom. The molecule has 1 aliphatic rings. The summed E-state index contributed by atoms with van der Waals surface area (Å²) in [5.41, 5.74) is 0.395. The Hall–Kier alpha value is -0.0500. The van der Waals surface area contributed by atoms with Crippen LogP contribution in [0.5, 0.6) is 0 Å². The number of carbonyl (C=O) groups is 1. The average Bonchev–Trinajstić information content (AvgIpc) is 2.37. The molecule has 0 aromatic rings. The molecule has 1 fully saturated rings. The summed E-state index contributed by atoms with van der Waals surface area (Å²) in [6, 6.07) is 0. The van der Waals surface area contributed by atoms with E-state index in [1.807, 2.05) is 0 Å². The number of carbonyl (C=O) groups excluding carboxylic acids is 1. The first-order valence-electron chi connectivity index (χ1n) is 7.76. The van der Waals surface area contributed by atoms with Crippen molar-refractivity contribution in [3.05, 3.63) is 0 Å². The van der Waals surface area contributed by atoms with Crippen molar-refractivity contribution >= 4 is 21.8 Å². The van der Waals surface area contributed by atoms with E-state index in [1.165, 1.54) is 12.8 Å². The largest absolute Gasteiger partial charge is 0.356 e. The second kappa shape index (κ2) is 7.66. The van der Waals surface area contributed by atoms with Crippen molar-refractivity contribution in [3.8, 4) is 0 Å². The van der Waals surface area contributed by atoms with Gasteiger partial charge in [0.15, 0.2) is 0 Å². The van der Waals surface area contributed by atoms with Crippen LogP contribution in [0.3, 0.4) is 0 Å². The van der Waals surface area contributed by atoms with Crippen molar-refractivity contribution in [3.63, 3.8) is 0 Å². The van der Waals surface area contributed by atoms with Gasteiger partial charge in [-0.05, 0) is 49.9 Å². The SMILES string of the molecule is CCC(Br)CCNC(=O)C1CCC(C(C)(C)C)CC1. The molecule has 1 saturated carbocycles. The highest BCUT2D eigenvalue weighted by Crippen LogP contribution is 2.39. The van der Waals surface area contributed by atoms with E-state index in [0.29, 0.717) is 10.2 Å². The van der Waals surface area contributed by atoms with Crippen LogP contribution in [0.4, 0.5) is 0 Å². The van der Waals surface area contributed by atoms with Crippen LogP contribution >= 0.6 is 15.9 Å². The summed E-state index contributed by atoms with van der Waals surface area (Å²) < 4.78 is 0. The zero-order valence-electron chi connectivity index (χ0n) is 13.0. The van der Waals surface area contributed by atoms with Crippen LogP contribution in [0.1, 0.15) is 66.2 Å². The van der Waals surface area contributed by atoms with E-state index in [0.717, 1.165) is 38.1 Å². The van der Waals surface area contributed by atoms with E-state index in [4.69, 9.17) is 0 Å². The minimum Gasteiger partial charge on any atom is -0.356 e. The zero-order valence-corrected chi connectivity index (χ0v) is 14.6. The first kappa shape index (κ1) is 17.0. The molecule has 0 radical (unpaired) electrons. The molecule has 112 valence electrons. The lowest BCUT2D eigenvalue weighted by Gasteiger charge is -2.36. The van der Waals surface area contributed by atoms with Gasteiger partial charge in [0.25, 0.3) is 0 Å². The summed E-state index contributed by atoms with van der Waals surface area (Å²) in [5.74, 6) is 1.32. The van der Waals surface area contributed by atoms with Gasteiger partial charge >= 0.3 is 0 Å². The molecule has 1 N–H and O–H groups in total. The standard InChI is InChI=1S/C16H30BrNO/c1-5-14(17)10-11-18-15(19)12-6-8-13(9-7-12)16(2,3)4/h12-14H,5-11H2,1-4H3,(H,18,19). The van der Waals surface area contributed by atoms with Gasteiger partial charge in [-0.1, -0.05) is 43.6 Å². The van der Waals surface area contributed by atoms with Crippen molar-refractivity contribution in [1.82, 2.24) is 5.32 Å². The zero-order chi connectivity index (χ0) is 14.5. The van der Waals surface area contributed by atoms with Gasteiger partial charge in [0.1, 0.15) is 0 Å². The van der Waals surface area contributed by atoms with Crippen LogP contribution in [0.25, 0.3) is 0 Å². The van der Waals surface area contributed by atoms with Crippen molar-refractivity contribution in [2.75, 3.05) is 6.54 Å². The Morgan fingerprint density at radius 1 is 1.26 bits per heavy atom. The van der Waals surface area contributed by atoms with E-state index >= 15 is 0 Å². The summed E-state index contributed by atoms with van der Waals surface area (Å²) in [5, 5.41) is 3.10. The van der Waals surface area contributed by atoms with Gasteiger partial charge in [-0.3, -0.25) is 4.79 Å². The van der Waals surface area contributed by atoms with E-state index in [2.05, 4.69) is 48.9 Å². The molecule has 1 aliphatic carbocycles. The van der Waals surface area contributed by atoms with Crippen LogP contribution in [-0.2, 0) is 4.79 Å². The summed E-state index contributed by atoms with van der Waals surface area (Å²) in [6.45, 7) is 9.92. The van der Waals surface area contributed by atoms with Crippen molar-refractivity contribution in [2.45, 2.75) is 71.0 Å². The van der Waals surface area contributed by atoms with Gasteiger partial charge in [0.05, 0.1) is 0 Å². The van der Waals surface area contributed by atoms with E-state index in [9.17, 15) is 4.79 Å². The summed E-state index contributed by atoms with van der Waals surface area (Å²) >= 11 is 3.60. The highest BCUT2D eigenvalue weighted by Gasteiger charge is 2.32. The molecule has 0 aliphatic heterocycles. The Kier molecular flexibility index (Phi) is 6.85. The maximum Gasteiger partial charge on any atom is 0.223 e. The summed E-state index contributed by atoms with van der Waals surface area (Å²) in [7, 11) is 0. The third-order valence-corrected chi connectivity index (χ3v) is 5.63. The second-order valence-electron chi connectivity index (χ2n) is 7.00. The second-order valence-corrected chi connectivity index (χ2v) is 8.29. The fraction of sp³-hybridized carbons (Fsp3) is 0.938. The van der Waals surface area contributed by atoms with Gasteiger partial charge in [-0.2, -0.15) is 0 Å². The fourth-order valence-electron chi connectivity index (χ4n) is 2.92. The Bertz CT molecular complexity index is 277. The molecule has 2 nitrogen and oxygen atoms in total. The highest BCUT2D eigenvalue weighted by molar-refractivity contribution is 9.09. The molecule has 0 spiro atoms. The maximum atomic E-state index is 12.1. The number of hydrogen-bond acceptors (Lipinski definition) is 1. The van der Waals surface area contributed by atoms with Gasteiger partial charge in [0.2, 0.25) is 5.91 Å². The maximum absolute atomic E-state index is 12.1.